The summed E-state index contributed by atoms with van der Waals surface area (Å²) >= 11 is 0. The molecule has 0 spiro atoms. The molecule has 3 aliphatic rings. The summed E-state index contributed by atoms with van der Waals surface area (Å²) in [7, 11) is -3.51. The number of carbonyl (C=O) groups excluding carboxylic acids is 1. The van der Waals surface area contributed by atoms with Crippen molar-refractivity contribution in [1.82, 2.24) is 14.3 Å². The molecule has 1 aliphatic carbocycles. The number of hydrogen-bond donors (Lipinski definition) is 1. The van der Waals surface area contributed by atoms with Gasteiger partial charge in [0.2, 0.25) is 16.0 Å². The van der Waals surface area contributed by atoms with Gasteiger partial charge < -0.3 is 10.1 Å². The molecule has 1 aromatic heterocycles. The number of rotatable bonds is 5. The molecule has 0 unspecified atom stereocenters. The van der Waals surface area contributed by atoms with Gasteiger partial charge in [-0.25, -0.2) is 13.4 Å². The number of sulfonamides is 1. The van der Waals surface area contributed by atoms with Gasteiger partial charge in [-0.1, -0.05) is 30.5 Å². The maximum Gasteiger partial charge on any atom is 0.272 e. The molecular formula is C25H33N5O4S. The maximum absolute atomic E-state index is 13.2. The van der Waals surface area contributed by atoms with Crippen molar-refractivity contribution < 1.29 is 17.9 Å². The summed E-state index contributed by atoms with van der Waals surface area (Å²) in [6.45, 7) is 6.34. The van der Waals surface area contributed by atoms with Crippen molar-refractivity contribution in [2.24, 2.45) is 0 Å². The van der Waals surface area contributed by atoms with E-state index < -0.39 is 15.6 Å². The predicted molar refractivity (Wildman–Crippen MR) is 133 cm³/mol. The average Bonchev–Trinajstić information content (AvgIpc) is 3.35. The van der Waals surface area contributed by atoms with E-state index in [1.807, 2.05) is 24.0 Å². The summed E-state index contributed by atoms with van der Waals surface area (Å²) in [5.41, 5.74) is 0.0722. The van der Waals surface area contributed by atoms with E-state index in [4.69, 9.17) is 9.72 Å². The van der Waals surface area contributed by atoms with Gasteiger partial charge in [0.05, 0.1) is 11.1 Å². The van der Waals surface area contributed by atoms with Gasteiger partial charge in [0.1, 0.15) is 0 Å². The highest BCUT2D eigenvalue weighted by Gasteiger charge is 2.45. The molecule has 9 nitrogen and oxygen atoms in total. The van der Waals surface area contributed by atoms with Crippen molar-refractivity contribution in [3.8, 4) is 5.75 Å². The Balaban J connectivity index is 1.29. The Hall–Kier alpha value is -2.72. The summed E-state index contributed by atoms with van der Waals surface area (Å²) < 4.78 is 33.5. The molecule has 2 aliphatic heterocycles. The van der Waals surface area contributed by atoms with E-state index in [2.05, 4.69) is 10.3 Å². The smallest absolute Gasteiger partial charge is 0.272 e. The molecule has 1 N–H and O–H groups in total. The van der Waals surface area contributed by atoms with Crippen LogP contribution in [0.3, 0.4) is 0 Å². The second-order valence-electron chi connectivity index (χ2n) is 10.2. The number of nitrogens with one attached hydrogen (secondary N) is 1. The number of hydrogen-bond acceptors (Lipinski definition) is 7. The van der Waals surface area contributed by atoms with E-state index in [0.717, 1.165) is 31.2 Å². The number of piperidine rings is 1. The first-order valence-corrected chi connectivity index (χ1v) is 13.8. The minimum atomic E-state index is -3.51. The Kier molecular flexibility index (Phi) is 6.21. The van der Waals surface area contributed by atoms with E-state index >= 15 is 0 Å². The van der Waals surface area contributed by atoms with Crippen LogP contribution in [-0.4, -0.2) is 59.4 Å². The third kappa shape index (κ3) is 4.61. The lowest BCUT2D eigenvalue weighted by atomic mass is 10.0. The van der Waals surface area contributed by atoms with Crippen molar-refractivity contribution >= 4 is 27.7 Å². The fourth-order valence-electron chi connectivity index (χ4n) is 5.16. The number of carbonyl (C=O) groups is 1. The van der Waals surface area contributed by atoms with Gasteiger partial charge in [-0.05, 0) is 58.6 Å². The average molecular weight is 500 g/mol. The molecule has 2 fully saturated rings. The zero-order chi connectivity index (χ0) is 24.8. The van der Waals surface area contributed by atoms with Crippen molar-refractivity contribution in [1.29, 1.82) is 0 Å². The Morgan fingerprint density at radius 3 is 2.37 bits per heavy atom. The van der Waals surface area contributed by atoms with E-state index in [1.54, 1.807) is 36.5 Å². The van der Waals surface area contributed by atoms with Crippen LogP contribution in [-0.2, 0) is 14.8 Å². The quantitative estimate of drug-likeness (QED) is 0.671. The lowest BCUT2D eigenvalue weighted by molar-refractivity contribution is -0.133. The number of anilines is 2. The number of fused-ring (bicyclic) bond motifs is 1. The Bertz CT molecular complexity index is 1200. The van der Waals surface area contributed by atoms with Crippen molar-refractivity contribution in [3.05, 3.63) is 36.0 Å². The summed E-state index contributed by atoms with van der Waals surface area (Å²) in [6.07, 6.45) is 7.04. The standard InChI is InChI=1S/C25H33N5O4S/c1-17-8-10-20(11-9-17)35(32,33)29-14-12-18(13-15-29)27-24-26-16-21-22(28-24)30(19-6-4-5-7-19)23(31)25(2,3)34-21/h8-11,16,18-19H,4-7,12-15H2,1-3H3,(H,26,27,28). The molecule has 1 amide bonds. The Labute approximate surface area is 206 Å². The molecule has 35 heavy (non-hydrogen) atoms. The number of ether oxygens (including phenoxy) is 1. The minimum Gasteiger partial charge on any atom is -0.472 e. The highest BCUT2D eigenvalue weighted by Crippen LogP contribution is 2.40. The molecule has 1 saturated carbocycles. The predicted octanol–water partition coefficient (Wildman–Crippen LogP) is 3.50. The van der Waals surface area contributed by atoms with Crippen LogP contribution in [0.2, 0.25) is 0 Å². The van der Waals surface area contributed by atoms with Crippen LogP contribution in [0, 0.1) is 6.92 Å². The molecule has 3 heterocycles. The normalized spacial score (nSPS) is 21.6. The summed E-state index contributed by atoms with van der Waals surface area (Å²) in [6, 6.07) is 7.13. The third-order valence-corrected chi connectivity index (χ3v) is 9.11. The fraction of sp³-hybridized carbons (Fsp3) is 0.560. The van der Waals surface area contributed by atoms with E-state index in [9.17, 15) is 13.2 Å². The summed E-state index contributed by atoms with van der Waals surface area (Å²) in [5, 5.41) is 3.36. The van der Waals surface area contributed by atoms with Gasteiger partial charge in [0.25, 0.3) is 5.91 Å². The SMILES string of the molecule is Cc1ccc(S(=O)(=O)N2CCC(Nc3ncc4c(n3)N(C3CCCC3)C(=O)C(C)(C)O4)CC2)cc1. The van der Waals surface area contributed by atoms with Crippen LogP contribution in [0.15, 0.2) is 35.4 Å². The van der Waals surface area contributed by atoms with Crippen molar-refractivity contribution in [3.63, 3.8) is 0 Å². The topological polar surface area (TPSA) is 105 Å². The molecule has 5 rings (SSSR count). The molecule has 1 aromatic carbocycles. The van der Waals surface area contributed by atoms with Crippen molar-refractivity contribution in [2.45, 2.75) is 81.9 Å². The number of aryl methyl sites for hydroxylation is 1. The van der Waals surface area contributed by atoms with E-state index in [1.165, 1.54) is 0 Å². The number of nitrogens with zero attached hydrogens (tertiary/aromatic N) is 4. The molecule has 1 saturated heterocycles. The van der Waals surface area contributed by atoms with Gasteiger partial charge >= 0.3 is 0 Å². The van der Waals surface area contributed by atoms with Gasteiger partial charge in [-0.15, -0.1) is 0 Å². The molecule has 2 aromatic rings. The lowest BCUT2D eigenvalue weighted by Gasteiger charge is -2.40. The van der Waals surface area contributed by atoms with Crippen LogP contribution in [0.25, 0.3) is 0 Å². The zero-order valence-electron chi connectivity index (χ0n) is 20.5. The first kappa shape index (κ1) is 24.0. The molecule has 0 bridgehead atoms. The number of amides is 1. The largest absolute Gasteiger partial charge is 0.472 e. The van der Waals surface area contributed by atoms with Gasteiger partial charge in [-0.3, -0.25) is 9.69 Å². The van der Waals surface area contributed by atoms with Gasteiger partial charge in [0.15, 0.2) is 17.2 Å². The van der Waals surface area contributed by atoms with Crippen LogP contribution in [0.5, 0.6) is 5.75 Å². The minimum absolute atomic E-state index is 0.0362. The second kappa shape index (κ2) is 9.05. The number of aromatic nitrogens is 2. The van der Waals surface area contributed by atoms with E-state index in [-0.39, 0.29) is 18.0 Å². The maximum atomic E-state index is 13.2. The first-order valence-electron chi connectivity index (χ1n) is 12.4. The Morgan fingerprint density at radius 2 is 1.71 bits per heavy atom. The van der Waals surface area contributed by atoms with Crippen LogP contribution < -0.4 is 15.0 Å². The van der Waals surface area contributed by atoms with Crippen LogP contribution in [0.1, 0.15) is 57.9 Å². The van der Waals surface area contributed by atoms with Gasteiger partial charge in [-0.2, -0.15) is 9.29 Å². The first-order chi connectivity index (χ1) is 16.6. The van der Waals surface area contributed by atoms with Gasteiger partial charge in [0, 0.05) is 25.2 Å². The second-order valence-corrected chi connectivity index (χ2v) is 12.2. The van der Waals surface area contributed by atoms with E-state index in [0.29, 0.717) is 48.3 Å². The highest BCUT2D eigenvalue weighted by molar-refractivity contribution is 7.89. The molecular weight excluding hydrogens is 466 g/mol. The Morgan fingerprint density at radius 1 is 1.06 bits per heavy atom. The molecule has 10 heteroatoms. The molecule has 188 valence electrons. The fourth-order valence-corrected chi connectivity index (χ4v) is 6.63. The van der Waals surface area contributed by atoms with Crippen molar-refractivity contribution in [2.75, 3.05) is 23.3 Å². The molecule has 0 atom stereocenters. The summed E-state index contributed by atoms with van der Waals surface area (Å²) in [4.78, 5) is 24.5. The number of benzene rings is 1. The highest BCUT2D eigenvalue weighted by atomic mass is 32.2. The van der Waals surface area contributed by atoms with Crippen LogP contribution in [0.4, 0.5) is 11.8 Å². The van der Waals surface area contributed by atoms with Crippen LogP contribution >= 0.6 is 0 Å². The monoisotopic (exact) mass is 499 g/mol. The molecule has 0 radical (unpaired) electrons. The lowest BCUT2D eigenvalue weighted by Crippen LogP contribution is -2.56. The third-order valence-electron chi connectivity index (χ3n) is 7.20. The summed E-state index contributed by atoms with van der Waals surface area (Å²) in [5.74, 6) is 1.41. The zero-order valence-corrected chi connectivity index (χ0v) is 21.3.